The molecule has 0 N–H and O–H groups in total. The van der Waals surface area contributed by atoms with Crippen LogP contribution in [0.4, 0.5) is 26.3 Å². The Bertz CT molecular complexity index is 298. The van der Waals surface area contributed by atoms with Crippen LogP contribution in [0, 0.1) is 0 Å². The minimum Gasteiger partial charge on any atom is -0.329 e. The summed E-state index contributed by atoms with van der Waals surface area (Å²) < 4.78 is 85.5. The average Bonchev–Trinajstić information content (AvgIpc) is 2.68. The van der Waals surface area contributed by atoms with Gasteiger partial charge in [0.15, 0.2) is 0 Å². The van der Waals surface area contributed by atoms with Crippen molar-refractivity contribution in [1.82, 2.24) is 0 Å². The quantitative estimate of drug-likeness (QED) is 0.546. The highest BCUT2D eigenvalue weighted by molar-refractivity contribution is 4.95. The lowest BCUT2D eigenvalue weighted by molar-refractivity contribution is -0.446. The number of unbranched alkanes of at least 4 members (excludes halogenated alkanes) is 2. The second-order valence-corrected chi connectivity index (χ2v) is 4.83. The Morgan fingerprint density at radius 1 is 0.850 bits per heavy atom. The zero-order valence-electron chi connectivity index (χ0n) is 11.3. The van der Waals surface area contributed by atoms with Gasteiger partial charge in [-0.3, -0.25) is 0 Å². The van der Waals surface area contributed by atoms with Crippen LogP contribution in [0.5, 0.6) is 0 Å². The molecule has 8 heteroatoms. The van der Waals surface area contributed by atoms with Gasteiger partial charge in [0.2, 0.25) is 0 Å². The number of rotatable bonds is 5. The molecule has 0 spiro atoms. The van der Waals surface area contributed by atoms with Crippen LogP contribution in [-0.4, -0.2) is 30.3 Å². The van der Waals surface area contributed by atoms with E-state index in [4.69, 9.17) is 0 Å². The van der Waals surface area contributed by atoms with Gasteiger partial charge in [0.05, 0.1) is 12.2 Å². The van der Waals surface area contributed by atoms with Crippen molar-refractivity contribution in [2.45, 2.75) is 76.3 Å². The van der Waals surface area contributed by atoms with Crippen molar-refractivity contribution in [3.63, 3.8) is 0 Å². The first-order chi connectivity index (χ1) is 9.09. The fourth-order valence-electron chi connectivity index (χ4n) is 2.22. The Labute approximate surface area is 113 Å². The van der Waals surface area contributed by atoms with E-state index in [0.29, 0.717) is 6.42 Å². The van der Waals surface area contributed by atoms with Crippen LogP contribution in [0.3, 0.4) is 0 Å². The summed E-state index contributed by atoms with van der Waals surface area (Å²) in [5.74, 6) is -4.49. The lowest BCUT2D eigenvalue weighted by Gasteiger charge is -2.31. The summed E-state index contributed by atoms with van der Waals surface area (Å²) in [6.07, 6.45) is -11.5. The van der Waals surface area contributed by atoms with Crippen LogP contribution in [0.1, 0.15) is 46.0 Å². The lowest BCUT2D eigenvalue weighted by atomic mass is 10.0. The Morgan fingerprint density at radius 3 is 1.75 bits per heavy atom. The predicted molar refractivity (Wildman–Crippen MR) is 59.0 cm³/mol. The van der Waals surface area contributed by atoms with Crippen molar-refractivity contribution < 1.29 is 35.8 Å². The van der Waals surface area contributed by atoms with E-state index >= 15 is 0 Å². The molecule has 1 aliphatic rings. The molecular weight excluding hydrogens is 290 g/mol. The third kappa shape index (κ3) is 3.21. The highest BCUT2D eigenvalue weighted by atomic mass is 19.4. The molecule has 0 aromatic carbocycles. The molecule has 0 aliphatic carbocycles. The van der Waals surface area contributed by atoms with Gasteiger partial charge in [-0.2, -0.15) is 26.3 Å². The first-order valence-electron chi connectivity index (χ1n) is 6.58. The summed E-state index contributed by atoms with van der Waals surface area (Å²) in [5.41, 5.74) is 0. The van der Waals surface area contributed by atoms with Crippen LogP contribution in [-0.2, 0) is 9.47 Å². The van der Waals surface area contributed by atoms with Crippen molar-refractivity contribution in [2.75, 3.05) is 0 Å². The van der Waals surface area contributed by atoms with Crippen molar-refractivity contribution in [2.24, 2.45) is 0 Å². The third-order valence-corrected chi connectivity index (χ3v) is 3.29. The highest BCUT2D eigenvalue weighted by Crippen LogP contribution is 2.52. The smallest absolute Gasteiger partial charge is 0.329 e. The van der Waals surface area contributed by atoms with Crippen molar-refractivity contribution in [3.8, 4) is 0 Å². The van der Waals surface area contributed by atoms with E-state index in [1.165, 1.54) is 6.92 Å². The van der Waals surface area contributed by atoms with E-state index < -0.39 is 30.3 Å². The molecule has 20 heavy (non-hydrogen) atoms. The molecule has 1 aliphatic heterocycles. The number of halogens is 6. The van der Waals surface area contributed by atoms with Crippen LogP contribution < -0.4 is 0 Å². The van der Waals surface area contributed by atoms with Gasteiger partial charge in [0.25, 0.3) is 0 Å². The van der Waals surface area contributed by atoms with Gasteiger partial charge < -0.3 is 9.47 Å². The summed E-state index contributed by atoms with van der Waals surface area (Å²) in [4.78, 5) is 0. The van der Waals surface area contributed by atoms with Crippen LogP contribution in [0.15, 0.2) is 0 Å². The topological polar surface area (TPSA) is 18.5 Å². The molecule has 0 aromatic rings. The lowest BCUT2D eigenvalue weighted by Crippen LogP contribution is -2.58. The Kier molecular flexibility index (Phi) is 5.34. The molecule has 0 aromatic heterocycles. The molecule has 0 unspecified atom stereocenters. The molecule has 1 heterocycles. The summed E-state index contributed by atoms with van der Waals surface area (Å²) in [6.45, 7) is 3.36. The Hall–Kier alpha value is -0.500. The van der Waals surface area contributed by atoms with Gasteiger partial charge in [0.1, 0.15) is 0 Å². The molecule has 0 saturated carbocycles. The van der Waals surface area contributed by atoms with Crippen molar-refractivity contribution in [1.29, 1.82) is 0 Å². The molecule has 120 valence electrons. The van der Waals surface area contributed by atoms with Gasteiger partial charge in [-0.1, -0.05) is 33.1 Å². The van der Waals surface area contributed by atoms with Crippen LogP contribution in [0.2, 0.25) is 0 Å². The fraction of sp³-hybridized carbons (Fsp3) is 1.00. The zero-order chi connectivity index (χ0) is 15.6. The SMILES string of the molecule is CCCCC[C@H]1OC(C(F)(F)F)(C(F)(F)F)O[C@@H]1CC. The van der Waals surface area contributed by atoms with E-state index in [2.05, 4.69) is 9.47 Å². The number of hydrogen-bond acceptors (Lipinski definition) is 2. The van der Waals surface area contributed by atoms with Gasteiger partial charge in [-0.05, 0) is 12.8 Å². The summed E-state index contributed by atoms with van der Waals surface area (Å²) in [7, 11) is 0. The van der Waals surface area contributed by atoms with Gasteiger partial charge in [-0.25, -0.2) is 0 Å². The van der Waals surface area contributed by atoms with E-state index in [1.54, 1.807) is 0 Å². The first-order valence-corrected chi connectivity index (χ1v) is 6.58. The van der Waals surface area contributed by atoms with Crippen LogP contribution >= 0.6 is 0 Å². The second kappa shape index (κ2) is 6.09. The van der Waals surface area contributed by atoms with E-state index in [1.807, 2.05) is 6.92 Å². The van der Waals surface area contributed by atoms with E-state index in [-0.39, 0.29) is 12.8 Å². The molecule has 1 rings (SSSR count). The molecule has 0 bridgehead atoms. The normalized spacial score (nSPS) is 27.0. The Morgan fingerprint density at radius 2 is 1.35 bits per heavy atom. The maximum atomic E-state index is 12.8. The molecule has 1 saturated heterocycles. The molecule has 1 fully saturated rings. The Balaban J connectivity index is 2.95. The average molecular weight is 308 g/mol. The standard InChI is InChI=1S/C12H18F6O2/c1-3-5-6-7-9-8(4-2)19-10(20-9,11(13,14)15)12(16,17)18/h8-9H,3-7H2,1-2H3/t8-,9-/m1/s1. The van der Waals surface area contributed by atoms with Crippen molar-refractivity contribution >= 4 is 0 Å². The molecule has 0 amide bonds. The number of ether oxygens (including phenoxy) is 2. The summed E-state index contributed by atoms with van der Waals surface area (Å²) >= 11 is 0. The first kappa shape index (κ1) is 17.6. The number of hydrogen-bond donors (Lipinski definition) is 0. The van der Waals surface area contributed by atoms with E-state index in [0.717, 1.165) is 12.8 Å². The van der Waals surface area contributed by atoms with Gasteiger partial charge in [0, 0.05) is 0 Å². The second-order valence-electron chi connectivity index (χ2n) is 4.83. The molecule has 2 nitrogen and oxygen atoms in total. The number of alkyl halides is 6. The van der Waals surface area contributed by atoms with Crippen molar-refractivity contribution in [3.05, 3.63) is 0 Å². The monoisotopic (exact) mass is 308 g/mol. The van der Waals surface area contributed by atoms with Gasteiger partial charge >= 0.3 is 18.1 Å². The highest BCUT2D eigenvalue weighted by Gasteiger charge is 2.78. The minimum absolute atomic E-state index is 0.0324. The predicted octanol–water partition coefficient (Wildman–Crippen LogP) is 4.58. The largest absolute Gasteiger partial charge is 0.453 e. The maximum Gasteiger partial charge on any atom is 0.453 e. The maximum absolute atomic E-state index is 12.8. The van der Waals surface area contributed by atoms with Gasteiger partial charge in [-0.15, -0.1) is 0 Å². The third-order valence-electron chi connectivity index (χ3n) is 3.29. The van der Waals surface area contributed by atoms with Crippen LogP contribution in [0.25, 0.3) is 0 Å². The molecular formula is C12H18F6O2. The summed E-state index contributed by atoms with van der Waals surface area (Å²) in [5, 5.41) is 0. The van der Waals surface area contributed by atoms with E-state index in [9.17, 15) is 26.3 Å². The zero-order valence-corrected chi connectivity index (χ0v) is 11.3. The molecule has 0 radical (unpaired) electrons. The fourth-order valence-corrected chi connectivity index (χ4v) is 2.22. The molecule has 2 atom stereocenters. The minimum atomic E-state index is -5.65. The summed E-state index contributed by atoms with van der Waals surface area (Å²) in [6, 6.07) is 0.